The fraction of sp³-hybridized carbons (Fsp3) is 0.458. The molecule has 2 aromatic rings. The maximum Gasteiger partial charge on any atom is 0.261 e. The van der Waals surface area contributed by atoms with E-state index in [1.807, 2.05) is 31.2 Å². The summed E-state index contributed by atoms with van der Waals surface area (Å²) in [4.78, 5) is 17.3. The summed E-state index contributed by atoms with van der Waals surface area (Å²) in [5.74, 6) is 0.663. The topological polar surface area (TPSA) is 44.8 Å². The van der Waals surface area contributed by atoms with E-state index in [4.69, 9.17) is 4.74 Å². The molecule has 1 fully saturated rings. The second kappa shape index (κ2) is 10.3. The Bertz CT molecular complexity index is 766. The molecule has 1 unspecified atom stereocenters. The Morgan fingerprint density at radius 3 is 2.17 bits per heavy atom. The van der Waals surface area contributed by atoms with Gasteiger partial charge in [0.1, 0.15) is 5.75 Å². The van der Waals surface area contributed by atoms with E-state index in [0.29, 0.717) is 13.0 Å². The molecule has 1 N–H and O–H groups in total. The first kappa shape index (κ1) is 21.2. The molecule has 1 aliphatic rings. The van der Waals surface area contributed by atoms with Crippen molar-refractivity contribution in [1.82, 2.24) is 10.2 Å². The van der Waals surface area contributed by atoms with Gasteiger partial charge in [0, 0.05) is 38.4 Å². The zero-order valence-electron chi connectivity index (χ0n) is 17.9. The zero-order valence-corrected chi connectivity index (χ0v) is 17.9. The Hall–Kier alpha value is -2.53. The lowest BCUT2D eigenvalue weighted by atomic mass is 10.1. The molecule has 5 heteroatoms. The number of aryl methyl sites for hydroxylation is 1. The third-order valence-corrected chi connectivity index (χ3v) is 5.54. The maximum absolute atomic E-state index is 12.6. The lowest BCUT2D eigenvalue weighted by Gasteiger charge is -2.34. The maximum atomic E-state index is 12.6. The number of amides is 1. The fourth-order valence-corrected chi connectivity index (χ4v) is 3.48. The number of nitrogens with zero attached hydrogens (tertiary/aromatic N) is 2. The van der Waals surface area contributed by atoms with Crippen molar-refractivity contribution in [3.05, 3.63) is 59.7 Å². The number of carbonyl (C=O) groups is 1. The lowest BCUT2D eigenvalue weighted by Crippen LogP contribution is -2.44. The van der Waals surface area contributed by atoms with E-state index in [2.05, 4.69) is 53.4 Å². The van der Waals surface area contributed by atoms with Crippen LogP contribution in [0.5, 0.6) is 5.75 Å². The number of nitrogens with one attached hydrogen (secondary N) is 1. The summed E-state index contributed by atoms with van der Waals surface area (Å²) in [6.07, 6.45) is 1.14. The van der Waals surface area contributed by atoms with Crippen molar-refractivity contribution in [2.45, 2.75) is 39.3 Å². The van der Waals surface area contributed by atoms with Gasteiger partial charge in [0.05, 0.1) is 0 Å². The van der Waals surface area contributed by atoms with Crippen LogP contribution in [-0.4, -0.2) is 50.1 Å². The molecule has 0 aliphatic carbocycles. The van der Waals surface area contributed by atoms with Crippen LogP contribution in [0.15, 0.2) is 48.5 Å². The van der Waals surface area contributed by atoms with Gasteiger partial charge < -0.3 is 19.9 Å². The minimum atomic E-state index is -0.480. The summed E-state index contributed by atoms with van der Waals surface area (Å²) in [6, 6.07) is 16.5. The number of anilines is 1. The van der Waals surface area contributed by atoms with Crippen molar-refractivity contribution < 1.29 is 9.53 Å². The average molecular weight is 396 g/mol. The van der Waals surface area contributed by atoms with Crippen LogP contribution in [0.25, 0.3) is 0 Å². The Morgan fingerprint density at radius 2 is 1.59 bits per heavy atom. The summed E-state index contributed by atoms with van der Waals surface area (Å²) in [5, 5.41) is 3.01. The van der Waals surface area contributed by atoms with Gasteiger partial charge in [-0.05, 0) is 55.3 Å². The number of ether oxygens (including phenoxy) is 1. The highest BCUT2D eigenvalue weighted by Gasteiger charge is 2.18. The van der Waals surface area contributed by atoms with E-state index < -0.39 is 6.10 Å². The van der Waals surface area contributed by atoms with Gasteiger partial charge in [0.25, 0.3) is 5.91 Å². The van der Waals surface area contributed by atoms with Crippen LogP contribution >= 0.6 is 0 Å². The molecule has 1 aliphatic heterocycles. The second-order valence-corrected chi connectivity index (χ2v) is 7.69. The Balaban J connectivity index is 1.50. The van der Waals surface area contributed by atoms with Gasteiger partial charge in [-0.25, -0.2) is 0 Å². The first-order chi connectivity index (χ1) is 14.1. The number of piperazine rings is 1. The molecule has 0 bridgehead atoms. The number of benzene rings is 2. The molecule has 0 saturated carbocycles. The predicted octanol–water partition coefficient (Wildman–Crippen LogP) is 3.47. The number of carbonyl (C=O) groups excluding carboxylic acids is 1. The molecular formula is C24H33N3O2. The van der Waals surface area contributed by atoms with Crippen LogP contribution in [0.1, 0.15) is 31.4 Å². The minimum Gasteiger partial charge on any atom is -0.481 e. The van der Waals surface area contributed by atoms with Crippen molar-refractivity contribution in [2.24, 2.45) is 0 Å². The van der Waals surface area contributed by atoms with Crippen LogP contribution in [0.2, 0.25) is 0 Å². The fourth-order valence-electron chi connectivity index (χ4n) is 3.48. The van der Waals surface area contributed by atoms with E-state index in [9.17, 15) is 4.79 Å². The van der Waals surface area contributed by atoms with E-state index in [-0.39, 0.29) is 5.91 Å². The molecule has 3 rings (SSSR count). The highest BCUT2D eigenvalue weighted by Crippen LogP contribution is 2.18. The van der Waals surface area contributed by atoms with Crippen molar-refractivity contribution >= 4 is 11.6 Å². The smallest absolute Gasteiger partial charge is 0.261 e. The molecule has 0 aromatic heterocycles. The summed E-state index contributed by atoms with van der Waals surface area (Å²) in [5.41, 5.74) is 3.60. The lowest BCUT2D eigenvalue weighted by molar-refractivity contribution is -0.128. The number of hydrogen-bond donors (Lipinski definition) is 1. The standard InChI is InChI=1S/C24H33N3O2/c1-4-19-8-12-22(13-9-19)29-23(5-2)24(28)25-18-20-6-10-21(11-7-20)27-16-14-26(3)15-17-27/h6-13,23H,4-5,14-18H2,1-3H3,(H,25,28). The predicted molar refractivity (Wildman–Crippen MR) is 119 cm³/mol. The largest absolute Gasteiger partial charge is 0.481 e. The van der Waals surface area contributed by atoms with Crippen molar-refractivity contribution in [2.75, 3.05) is 38.1 Å². The van der Waals surface area contributed by atoms with Crippen LogP contribution in [0.4, 0.5) is 5.69 Å². The Kier molecular flexibility index (Phi) is 7.53. The average Bonchev–Trinajstić information content (AvgIpc) is 2.77. The van der Waals surface area contributed by atoms with Gasteiger partial charge in [0.2, 0.25) is 0 Å². The molecule has 29 heavy (non-hydrogen) atoms. The van der Waals surface area contributed by atoms with Crippen LogP contribution in [0, 0.1) is 0 Å². The molecule has 156 valence electrons. The van der Waals surface area contributed by atoms with Gasteiger partial charge in [-0.1, -0.05) is 38.1 Å². The molecule has 1 amide bonds. The summed E-state index contributed by atoms with van der Waals surface area (Å²) >= 11 is 0. The minimum absolute atomic E-state index is 0.0739. The molecular weight excluding hydrogens is 362 g/mol. The highest BCUT2D eigenvalue weighted by atomic mass is 16.5. The number of likely N-dealkylation sites (N-methyl/N-ethyl adjacent to an activating group) is 1. The first-order valence-electron chi connectivity index (χ1n) is 10.6. The summed E-state index contributed by atoms with van der Waals surface area (Å²) in [7, 11) is 2.16. The third kappa shape index (κ3) is 5.97. The normalized spacial score (nSPS) is 15.8. The van der Waals surface area contributed by atoms with Gasteiger partial charge >= 0.3 is 0 Å². The van der Waals surface area contributed by atoms with Gasteiger partial charge in [-0.2, -0.15) is 0 Å². The molecule has 2 aromatic carbocycles. The molecule has 1 saturated heterocycles. The molecule has 1 atom stereocenters. The molecule has 0 radical (unpaired) electrons. The van der Waals surface area contributed by atoms with E-state index in [0.717, 1.165) is 43.9 Å². The van der Waals surface area contributed by atoms with E-state index in [1.165, 1.54) is 11.3 Å². The Labute approximate surface area is 174 Å². The second-order valence-electron chi connectivity index (χ2n) is 7.69. The monoisotopic (exact) mass is 395 g/mol. The van der Waals surface area contributed by atoms with Crippen LogP contribution in [-0.2, 0) is 17.8 Å². The highest BCUT2D eigenvalue weighted by molar-refractivity contribution is 5.81. The SMILES string of the molecule is CCc1ccc(OC(CC)C(=O)NCc2ccc(N3CCN(C)CC3)cc2)cc1. The van der Waals surface area contributed by atoms with Gasteiger partial charge in [0.15, 0.2) is 6.10 Å². The van der Waals surface area contributed by atoms with Crippen molar-refractivity contribution in [1.29, 1.82) is 0 Å². The Morgan fingerprint density at radius 1 is 0.966 bits per heavy atom. The number of rotatable bonds is 8. The molecule has 0 spiro atoms. The van der Waals surface area contributed by atoms with Gasteiger partial charge in [-0.15, -0.1) is 0 Å². The zero-order chi connectivity index (χ0) is 20.6. The summed E-state index contributed by atoms with van der Waals surface area (Å²) < 4.78 is 5.90. The quantitative estimate of drug-likeness (QED) is 0.743. The summed E-state index contributed by atoms with van der Waals surface area (Å²) in [6.45, 7) is 8.90. The van der Waals surface area contributed by atoms with Crippen LogP contribution < -0.4 is 15.0 Å². The van der Waals surface area contributed by atoms with Gasteiger partial charge in [-0.3, -0.25) is 4.79 Å². The van der Waals surface area contributed by atoms with Crippen molar-refractivity contribution in [3.8, 4) is 5.75 Å². The molecule has 1 heterocycles. The van der Waals surface area contributed by atoms with E-state index >= 15 is 0 Å². The number of hydrogen-bond acceptors (Lipinski definition) is 4. The van der Waals surface area contributed by atoms with Crippen LogP contribution in [0.3, 0.4) is 0 Å². The van der Waals surface area contributed by atoms with Crippen molar-refractivity contribution in [3.63, 3.8) is 0 Å². The molecule has 5 nitrogen and oxygen atoms in total. The van der Waals surface area contributed by atoms with E-state index in [1.54, 1.807) is 0 Å². The first-order valence-corrected chi connectivity index (χ1v) is 10.6. The third-order valence-electron chi connectivity index (χ3n) is 5.54.